The average Bonchev–Trinajstić information content (AvgIpc) is 2.44. The molecule has 0 saturated heterocycles. The maximum atomic E-state index is 10.9. The number of hydroxylamine groups is 2. The van der Waals surface area contributed by atoms with E-state index in [-0.39, 0.29) is 23.5 Å². The van der Waals surface area contributed by atoms with Gasteiger partial charge in [0.2, 0.25) is 0 Å². The third kappa shape index (κ3) is 8.01. The van der Waals surface area contributed by atoms with Crippen molar-refractivity contribution in [3.63, 3.8) is 0 Å². The van der Waals surface area contributed by atoms with Gasteiger partial charge in [0.15, 0.2) is 0 Å². The lowest BCUT2D eigenvalue weighted by atomic mass is 10.2. The molecule has 0 spiro atoms. The molecule has 0 fully saturated rings. The van der Waals surface area contributed by atoms with Gasteiger partial charge in [-0.25, -0.2) is 9.59 Å². The predicted molar refractivity (Wildman–Crippen MR) is 79.4 cm³/mol. The van der Waals surface area contributed by atoms with Crippen LogP contribution < -0.4 is 0 Å². The molecule has 0 aliphatic heterocycles. The summed E-state index contributed by atoms with van der Waals surface area (Å²) in [5.74, 6) is -1.97. The smallest absolute Gasteiger partial charge is 0.339 e. The number of hydrogen-bond donors (Lipinski definition) is 2. The fraction of sp³-hybridized carbons (Fsp3) is 0.400. The molecule has 7 heteroatoms. The minimum atomic E-state index is -1.11. The third-order valence-corrected chi connectivity index (χ3v) is 2.46. The van der Waals surface area contributed by atoms with E-state index in [1.54, 1.807) is 12.1 Å². The molecule has 0 aromatic heterocycles. The van der Waals surface area contributed by atoms with E-state index in [9.17, 15) is 14.4 Å². The summed E-state index contributed by atoms with van der Waals surface area (Å²) < 4.78 is 0. The molecule has 22 heavy (non-hydrogen) atoms. The lowest BCUT2D eigenvalue weighted by molar-refractivity contribution is -0.188. The molecule has 0 radical (unpaired) electrons. The molecule has 0 bridgehead atoms. The first-order chi connectivity index (χ1) is 10.3. The number of carboxylic acid groups (broad SMARTS) is 1. The van der Waals surface area contributed by atoms with Crippen LogP contribution in [0.1, 0.15) is 37.6 Å². The number of phenols is 1. The van der Waals surface area contributed by atoms with Gasteiger partial charge >= 0.3 is 11.9 Å². The average molecular weight is 311 g/mol. The zero-order valence-corrected chi connectivity index (χ0v) is 12.9. The van der Waals surface area contributed by atoms with Crippen molar-refractivity contribution in [3.8, 4) is 5.75 Å². The number of hydrogen-bond acceptors (Lipinski definition) is 6. The lowest BCUT2D eigenvalue weighted by Crippen LogP contribution is -2.27. The second kappa shape index (κ2) is 10.3. The van der Waals surface area contributed by atoms with Gasteiger partial charge in [0.1, 0.15) is 23.5 Å². The number of nitrogens with zero attached hydrogens (tertiary/aromatic N) is 1. The van der Waals surface area contributed by atoms with E-state index in [0.29, 0.717) is 13.1 Å². The van der Waals surface area contributed by atoms with E-state index in [0.717, 1.165) is 0 Å². The number of carbonyl (C=O) groups is 3. The number of benzene rings is 1. The summed E-state index contributed by atoms with van der Waals surface area (Å²) >= 11 is 0. The topological polar surface area (TPSA) is 104 Å². The largest absolute Gasteiger partial charge is 0.507 e. The van der Waals surface area contributed by atoms with Crippen molar-refractivity contribution in [1.82, 2.24) is 5.06 Å². The van der Waals surface area contributed by atoms with Crippen molar-refractivity contribution in [2.24, 2.45) is 0 Å². The van der Waals surface area contributed by atoms with Crippen LogP contribution >= 0.6 is 0 Å². The maximum absolute atomic E-state index is 10.9. The highest BCUT2D eigenvalue weighted by Crippen LogP contribution is 2.14. The van der Waals surface area contributed by atoms with Gasteiger partial charge in [-0.2, -0.15) is 0 Å². The van der Waals surface area contributed by atoms with Gasteiger partial charge in [0.05, 0.1) is 0 Å². The minimum Gasteiger partial charge on any atom is -0.507 e. The van der Waals surface area contributed by atoms with E-state index >= 15 is 0 Å². The second-order valence-electron chi connectivity index (χ2n) is 4.28. The molecular weight excluding hydrogens is 290 g/mol. The number of ketones is 1. The first-order valence-electron chi connectivity index (χ1n) is 6.78. The highest BCUT2D eigenvalue weighted by Gasteiger charge is 2.10. The van der Waals surface area contributed by atoms with E-state index in [4.69, 9.17) is 15.1 Å². The Morgan fingerprint density at radius 2 is 1.68 bits per heavy atom. The van der Waals surface area contributed by atoms with Crippen LogP contribution in [0.5, 0.6) is 5.75 Å². The zero-order chi connectivity index (χ0) is 17.1. The molecule has 1 aromatic rings. The van der Waals surface area contributed by atoms with E-state index in [1.165, 1.54) is 24.1 Å². The molecule has 0 amide bonds. The molecule has 1 aromatic carbocycles. The highest BCUT2D eigenvalue weighted by molar-refractivity contribution is 5.94. The van der Waals surface area contributed by atoms with Crippen LogP contribution in [0.3, 0.4) is 0 Å². The Morgan fingerprint density at radius 3 is 2.05 bits per heavy atom. The van der Waals surface area contributed by atoms with Gasteiger partial charge in [-0.1, -0.05) is 12.1 Å². The SMILES string of the molecule is CCN(CC)OC(=O)CC(C)=O.O=C(O)c1ccccc1O. The van der Waals surface area contributed by atoms with E-state index in [2.05, 4.69) is 0 Å². The van der Waals surface area contributed by atoms with Gasteiger partial charge in [-0.3, -0.25) is 4.79 Å². The summed E-state index contributed by atoms with van der Waals surface area (Å²) in [6.45, 7) is 6.40. The number of Topliss-reactive ketones (excluding diaryl/α,β-unsaturated/α-hetero) is 1. The first-order valence-corrected chi connectivity index (χ1v) is 6.78. The van der Waals surface area contributed by atoms with Crippen LogP contribution in [0.25, 0.3) is 0 Å². The molecule has 2 N–H and O–H groups in total. The quantitative estimate of drug-likeness (QED) is 0.610. The van der Waals surface area contributed by atoms with Crippen LogP contribution in [0.2, 0.25) is 0 Å². The Balaban J connectivity index is 0.000000406. The van der Waals surface area contributed by atoms with Crippen LogP contribution in [-0.2, 0) is 14.4 Å². The molecule has 122 valence electrons. The normalized spacial score (nSPS) is 9.64. The Kier molecular flexibility index (Phi) is 9.20. The molecule has 0 aliphatic rings. The number of aromatic carboxylic acids is 1. The fourth-order valence-electron chi connectivity index (χ4n) is 1.39. The fourth-order valence-corrected chi connectivity index (χ4v) is 1.39. The molecule has 0 unspecified atom stereocenters. The van der Waals surface area contributed by atoms with Crippen molar-refractivity contribution < 1.29 is 29.4 Å². The molecule has 7 nitrogen and oxygen atoms in total. The van der Waals surface area contributed by atoms with Gasteiger partial charge in [-0.05, 0) is 32.9 Å². The van der Waals surface area contributed by atoms with Gasteiger partial charge in [0.25, 0.3) is 0 Å². The maximum Gasteiger partial charge on any atom is 0.339 e. The zero-order valence-electron chi connectivity index (χ0n) is 12.9. The first kappa shape index (κ1) is 19.6. The van der Waals surface area contributed by atoms with Crippen LogP contribution in [0.4, 0.5) is 0 Å². The second-order valence-corrected chi connectivity index (χ2v) is 4.28. The van der Waals surface area contributed by atoms with Crippen LogP contribution in [0, 0.1) is 0 Å². The Hall–Kier alpha value is -2.41. The van der Waals surface area contributed by atoms with Gasteiger partial charge in [-0.15, -0.1) is 5.06 Å². The minimum absolute atomic E-state index is 0.0671. The summed E-state index contributed by atoms with van der Waals surface area (Å²) in [5, 5.41) is 18.8. The van der Waals surface area contributed by atoms with Crippen molar-refractivity contribution in [2.45, 2.75) is 27.2 Å². The molecule has 1 rings (SSSR count). The van der Waals surface area contributed by atoms with Crippen molar-refractivity contribution in [2.75, 3.05) is 13.1 Å². The number of aromatic hydroxyl groups is 1. The molecule has 0 heterocycles. The number of carbonyl (C=O) groups excluding carboxylic acids is 2. The Bertz CT molecular complexity index is 511. The van der Waals surface area contributed by atoms with Crippen molar-refractivity contribution in [3.05, 3.63) is 29.8 Å². The third-order valence-electron chi connectivity index (χ3n) is 2.46. The van der Waals surface area contributed by atoms with Crippen LogP contribution in [0.15, 0.2) is 24.3 Å². The van der Waals surface area contributed by atoms with Crippen molar-refractivity contribution >= 4 is 17.7 Å². The number of carboxylic acids is 1. The van der Waals surface area contributed by atoms with Gasteiger partial charge in [0, 0.05) is 13.1 Å². The van der Waals surface area contributed by atoms with Gasteiger partial charge < -0.3 is 15.1 Å². The summed E-state index contributed by atoms with van der Waals surface area (Å²) in [6, 6.07) is 5.81. The van der Waals surface area contributed by atoms with Crippen molar-refractivity contribution in [1.29, 1.82) is 0 Å². The standard InChI is InChI=1S/C8H15NO3.C7H6O3/c1-4-9(5-2)12-8(11)6-7(3)10;8-6-4-2-1-3-5(6)7(9)10/h4-6H2,1-3H3;1-4,8H,(H,9,10). The molecule has 0 saturated carbocycles. The summed E-state index contributed by atoms with van der Waals surface area (Å²) in [4.78, 5) is 36.5. The Labute approximate surface area is 129 Å². The highest BCUT2D eigenvalue weighted by atomic mass is 16.7. The Morgan fingerprint density at radius 1 is 1.14 bits per heavy atom. The van der Waals surface area contributed by atoms with E-state index in [1.807, 2.05) is 13.8 Å². The summed E-state index contributed by atoms with van der Waals surface area (Å²) in [6.07, 6.45) is -0.142. The molecule has 0 aliphatic carbocycles. The summed E-state index contributed by atoms with van der Waals surface area (Å²) in [7, 11) is 0. The monoisotopic (exact) mass is 311 g/mol. The number of para-hydroxylation sites is 1. The van der Waals surface area contributed by atoms with E-state index < -0.39 is 11.9 Å². The molecule has 0 atom stereocenters. The predicted octanol–water partition coefficient (Wildman–Crippen LogP) is 1.86. The lowest BCUT2D eigenvalue weighted by Gasteiger charge is -2.16. The summed E-state index contributed by atoms with van der Waals surface area (Å²) in [5.41, 5.74) is -0.0671. The van der Waals surface area contributed by atoms with Crippen LogP contribution in [-0.4, -0.2) is 46.1 Å². The number of rotatable bonds is 6. The molecular formula is C15H21NO6.